The monoisotopic (exact) mass is 632 g/mol. The molecule has 0 bridgehead atoms. The van der Waals surface area contributed by atoms with Gasteiger partial charge in [0.25, 0.3) is 0 Å². The molecule has 9 nitrogen and oxygen atoms in total. The smallest absolute Gasteiger partial charge is 0.240 e. The first-order valence-electron chi connectivity index (χ1n) is 14.6. The van der Waals surface area contributed by atoms with Crippen LogP contribution < -0.4 is 19.7 Å². The molecule has 0 unspecified atom stereocenters. The zero-order valence-electron chi connectivity index (χ0n) is 25.3. The van der Waals surface area contributed by atoms with E-state index < -0.39 is 0 Å². The molecule has 0 aliphatic carbocycles. The maximum atomic E-state index is 14.0. The molecule has 1 N–H and O–H groups in total. The average molecular weight is 633 g/mol. The molecule has 2 aliphatic rings. The first-order chi connectivity index (χ1) is 21.4. The maximum Gasteiger partial charge on any atom is 0.240 e. The van der Waals surface area contributed by atoms with Gasteiger partial charge in [0, 0.05) is 18.7 Å². The van der Waals surface area contributed by atoms with Crippen molar-refractivity contribution in [3.63, 3.8) is 0 Å². The highest BCUT2D eigenvalue weighted by atomic mass is 32.2. The number of ether oxygens (including phenoxy) is 3. The molecule has 11 heteroatoms. The van der Waals surface area contributed by atoms with Crippen molar-refractivity contribution in [2.75, 3.05) is 44.6 Å². The Labute approximate surface area is 265 Å². The summed E-state index contributed by atoms with van der Waals surface area (Å²) in [6.07, 6.45) is 1.90. The van der Waals surface area contributed by atoms with Gasteiger partial charge in [-0.25, -0.2) is 4.68 Å². The maximum absolute atomic E-state index is 14.0. The predicted molar refractivity (Wildman–Crippen MR) is 175 cm³/mol. The van der Waals surface area contributed by atoms with Crippen LogP contribution in [0.2, 0.25) is 0 Å². The van der Waals surface area contributed by atoms with Crippen LogP contribution in [0.1, 0.15) is 40.3 Å². The molecule has 4 aromatic rings. The lowest BCUT2D eigenvalue weighted by Crippen LogP contribution is -2.44. The van der Waals surface area contributed by atoms with Crippen LogP contribution in [0.15, 0.2) is 53.2 Å². The summed E-state index contributed by atoms with van der Waals surface area (Å²) in [4.78, 5) is 29.1. The van der Waals surface area contributed by atoms with E-state index in [4.69, 9.17) is 19.3 Å². The third kappa shape index (κ3) is 5.71. The van der Waals surface area contributed by atoms with Crippen LogP contribution in [0.5, 0.6) is 11.5 Å². The van der Waals surface area contributed by atoms with Crippen LogP contribution in [0.3, 0.4) is 0 Å². The van der Waals surface area contributed by atoms with E-state index in [9.17, 15) is 9.59 Å². The Hall–Kier alpha value is -3.80. The first kappa shape index (κ1) is 30.2. The summed E-state index contributed by atoms with van der Waals surface area (Å²) in [6.45, 7) is 5.08. The number of methoxy groups -OCH3 is 2. The van der Waals surface area contributed by atoms with Gasteiger partial charge in [0.15, 0.2) is 0 Å². The molecule has 6 rings (SSSR count). The van der Waals surface area contributed by atoms with Gasteiger partial charge in [-0.2, -0.15) is 16.4 Å². The highest BCUT2D eigenvalue weighted by Gasteiger charge is 2.39. The summed E-state index contributed by atoms with van der Waals surface area (Å²) in [6, 6.07) is 13.8. The van der Waals surface area contributed by atoms with Crippen LogP contribution in [0.4, 0.5) is 5.82 Å². The summed E-state index contributed by atoms with van der Waals surface area (Å²) in [7, 11) is 3.25. The van der Waals surface area contributed by atoms with Gasteiger partial charge in [-0.1, -0.05) is 18.2 Å². The number of amides is 2. The van der Waals surface area contributed by atoms with E-state index in [-0.39, 0.29) is 35.5 Å². The van der Waals surface area contributed by atoms with E-state index >= 15 is 0 Å². The Morgan fingerprint density at radius 3 is 2.57 bits per heavy atom. The first-order valence-corrected chi connectivity index (χ1v) is 16.6. The molecule has 230 valence electrons. The number of carbonyl (C=O) groups is 2. The minimum atomic E-state index is -0.246. The van der Waals surface area contributed by atoms with Gasteiger partial charge in [-0.05, 0) is 78.4 Å². The molecule has 2 aromatic carbocycles. The molecule has 44 heavy (non-hydrogen) atoms. The van der Waals surface area contributed by atoms with Gasteiger partial charge in [-0.3, -0.25) is 14.5 Å². The Morgan fingerprint density at radius 2 is 1.89 bits per heavy atom. The summed E-state index contributed by atoms with van der Waals surface area (Å²) in [5, 5.41) is 12.2. The van der Waals surface area contributed by atoms with Crippen LogP contribution in [-0.2, 0) is 14.3 Å². The standard InChI is InChI=1S/C33H36N4O5S2/c1-20-8-5-10-24(21(20)2)37-33-30(31(35-37)29-25(40-3)11-6-12-26(29)41-4)32(22-13-15-43-18-22)44-19-28(39)36(33)17-27(38)34-16-23-9-7-14-42-23/h5-6,8,10-13,15,18,23,32H,7,9,14,16-17,19H2,1-4H3,(H,34,38)/t23-,32+/m1/s1. The summed E-state index contributed by atoms with van der Waals surface area (Å²) in [5.74, 6) is 1.56. The number of thiophene rings is 1. The average Bonchev–Trinajstić information content (AvgIpc) is 3.81. The van der Waals surface area contributed by atoms with Crippen LogP contribution >= 0.6 is 23.1 Å². The molecule has 0 radical (unpaired) electrons. The molecular weight excluding hydrogens is 597 g/mol. The van der Waals surface area contributed by atoms with Gasteiger partial charge in [0.2, 0.25) is 11.8 Å². The van der Waals surface area contributed by atoms with Gasteiger partial charge in [0.05, 0.1) is 42.6 Å². The number of benzene rings is 2. The van der Waals surface area contributed by atoms with Crippen molar-refractivity contribution in [1.29, 1.82) is 0 Å². The quantitative estimate of drug-likeness (QED) is 0.253. The third-order valence-electron chi connectivity index (χ3n) is 8.26. The number of thioether (sulfide) groups is 1. The highest BCUT2D eigenvalue weighted by Crippen LogP contribution is 2.52. The van der Waals surface area contributed by atoms with Crippen molar-refractivity contribution in [3.8, 4) is 28.4 Å². The lowest BCUT2D eigenvalue weighted by atomic mass is 9.99. The van der Waals surface area contributed by atoms with Crippen LogP contribution in [0, 0.1) is 13.8 Å². The Morgan fingerprint density at radius 1 is 1.11 bits per heavy atom. The van der Waals surface area contributed by atoms with Crippen molar-refractivity contribution in [2.24, 2.45) is 0 Å². The molecule has 1 saturated heterocycles. The van der Waals surface area contributed by atoms with Crippen LogP contribution in [0.25, 0.3) is 16.9 Å². The van der Waals surface area contributed by atoms with E-state index in [0.29, 0.717) is 41.7 Å². The second-order valence-corrected chi connectivity index (χ2v) is 12.8. The minimum Gasteiger partial charge on any atom is -0.496 e. The van der Waals surface area contributed by atoms with E-state index in [2.05, 4.69) is 29.8 Å². The molecular formula is C33H36N4O5S2. The number of nitrogens with zero attached hydrogens (tertiary/aromatic N) is 3. The molecule has 0 spiro atoms. The number of aromatic nitrogens is 2. The van der Waals surface area contributed by atoms with Crippen LogP contribution in [-0.4, -0.2) is 67.4 Å². The minimum absolute atomic E-state index is 0.00189. The second kappa shape index (κ2) is 13.1. The number of nitrogens with one attached hydrogen (secondary N) is 1. The SMILES string of the molecule is COc1cccc(OC)c1-c1nn(-c2cccc(C)c2C)c2c1[C@H](c1ccsc1)SCC(=O)N2CC(=O)NC[C@H]1CCCO1. The summed E-state index contributed by atoms with van der Waals surface area (Å²) < 4.78 is 19.2. The lowest BCUT2D eigenvalue weighted by molar-refractivity contribution is -0.123. The molecule has 2 aromatic heterocycles. The highest BCUT2D eigenvalue weighted by molar-refractivity contribution is 8.00. The fourth-order valence-corrected chi connectivity index (χ4v) is 7.80. The Balaban J connectivity index is 1.59. The van der Waals surface area contributed by atoms with Crippen molar-refractivity contribution in [2.45, 2.75) is 38.0 Å². The van der Waals surface area contributed by atoms with Gasteiger partial charge in [-0.15, -0.1) is 11.8 Å². The predicted octanol–water partition coefficient (Wildman–Crippen LogP) is 5.70. The molecule has 2 atom stereocenters. The number of hydrogen-bond donors (Lipinski definition) is 1. The summed E-state index contributed by atoms with van der Waals surface area (Å²) >= 11 is 3.14. The molecule has 2 amide bonds. The fraction of sp³-hybridized carbons (Fsp3) is 0.364. The largest absolute Gasteiger partial charge is 0.496 e. The normalized spacial score (nSPS) is 18.2. The van der Waals surface area contributed by atoms with Crippen molar-refractivity contribution >= 4 is 40.7 Å². The van der Waals surface area contributed by atoms with E-state index in [1.807, 2.05) is 47.3 Å². The molecule has 1 fully saturated rings. The van der Waals surface area contributed by atoms with E-state index in [1.165, 1.54) is 11.8 Å². The Bertz CT molecular complexity index is 1640. The van der Waals surface area contributed by atoms with Gasteiger partial charge < -0.3 is 19.5 Å². The van der Waals surface area contributed by atoms with Crippen molar-refractivity contribution < 1.29 is 23.8 Å². The Kier molecular flexibility index (Phi) is 8.97. The number of aryl methyl sites for hydroxylation is 1. The molecule has 2 aliphatic heterocycles. The summed E-state index contributed by atoms with van der Waals surface area (Å²) in [5.41, 5.74) is 6.16. The van der Waals surface area contributed by atoms with Gasteiger partial charge in [0.1, 0.15) is 29.6 Å². The van der Waals surface area contributed by atoms with Gasteiger partial charge >= 0.3 is 0 Å². The zero-order chi connectivity index (χ0) is 30.8. The zero-order valence-corrected chi connectivity index (χ0v) is 26.9. The third-order valence-corrected chi connectivity index (χ3v) is 10.2. The number of fused-ring (bicyclic) bond motifs is 1. The topological polar surface area (TPSA) is 94.9 Å². The fourth-order valence-electron chi connectivity index (χ4n) is 5.84. The number of anilines is 1. The number of carbonyl (C=O) groups excluding carboxylic acids is 2. The second-order valence-electron chi connectivity index (χ2n) is 10.9. The molecule has 4 heterocycles. The van der Waals surface area contributed by atoms with E-state index in [0.717, 1.165) is 40.8 Å². The number of rotatable bonds is 9. The molecule has 0 saturated carbocycles. The van der Waals surface area contributed by atoms with Crippen molar-refractivity contribution in [3.05, 3.63) is 75.5 Å². The number of hydrogen-bond acceptors (Lipinski definition) is 8. The van der Waals surface area contributed by atoms with E-state index in [1.54, 1.807) is 30.5 Å². The van der Waals surface area contributed by atoms with Crippen molar-refractivity contribution in [1.82, 2.24) is 15.1 Å². The lowest BCUT2D eigenvalue weighted by Gasteiger charge is -2.24.